The summed E-state index contributed by atoms with van der Waals surface area (Å²) in [5, 5.41) is 9.93. The second-order valence-electron chi connectivity index (χ2n) is 12.5. The van der Waals surface area contributed by atoms with Gasteiger partial charge in [0.2, 0.25) is 5.95 Å². The molecule has 2 aromatic heterocycles. The Morgan fingerprint density at radius 2 is 1.84 bits per heavy atom. The zero-order chi connectivity index (χ0) is 33.3. The summed E-state index contributed by atoms with van der Waals surface area (Å²) >= 11 is 0. The molecule has 4 rings (SSSR count). The monoisotopic (exact) mass is 652 g/mol. The fourth-order valence-electron chi connectivity index (χ4n) is 5.52. The molecule has 15 heteroatoms. The minimum atomic E-state index is -4.75. The van der Waals surface area contributed by atoms with Crippen molar-refractivity contribution >= 4 is 41.4 Å². The van der Waals surface area contributed by atoms with Crippen LogP contribution in [0, 0.1) is 0 Å². The summed E-state index contributed by atoms with van der Waals surface area (Å²) in [6.45, 7) is 10.2. The van der Waals surface area contributed by atoms with Gasteiger partial charge in [0.15, 0.2) is 0 Å². The molecule has 0 radical (unpaired) electrons. The molecule has 1 aromatic carbocycles. The molecule has 246 valence electrons. The number of nitrogens with zero attached hydrogens (tertiary/aromatic N) is 2. The van der Waals surface area contributed by atoms with Crippen LogP contribution in [0.5, 0.6) is 0 Å². The average Bonchev–Trinajstić information content (AvgIpc) is 3.55. The van der Waals surface area contributed by atoms with E-state index in [4.69, 9.17) is 9.47 Å². The molecule has 4 N–H and O–H groups in total. The summed E-state index contributed by atoms with van der Waals surface area (Å²) < 4.78 is 66.0. The van der Waals surface area contributed by atoms with Crippen molar-refractivity contribution in [3.8, 4) is 11.3 Å². The summed E-state index contributed by atoms with van der Waals surface area (Å²) in [6.07, 6.45) is -0.758. The van der Waals surface area contributed by atoms with Crippen LogP contribution in [-0.2, 0) is 20.2 Å². The molecule has 1 saturated carbocycles. The number of anilines is 1. The second-order valence-corrected chi connectivity index (χ2v) is 15.7. The standard InChI is InChI=1S/C30H40F3N6O5P/c1-8-22(38-28(41)44-29(2,3)4)36-16-9-10-17(13-16)37-27-35-15-21(30(31,32)33)23(39-27)20-14-34-24-18(20)11-12-19(26(40)43-5)25(24)45(6,7)42/h11-12,14-17,22,34,36H,8-10,13H2,1-7H3,(H,38,41)(H,35,37,39)/t16-,17-,22-/m0/s1. The van der Waals surface area contributed by atoms with Gasteiger partial charge in [-0.3, -0.25) is 5.32 Å². The first-order chi connectivity index (χ1) is 20.9. The number of esters is 1. The van der Waals surface area contributed by atoms with Gasteiger partial charge < -0.3 is 29.7 Å². The Morgan fingerprint density at radius 1 is 1.16 bits per heavy atom. The quantitative estimate of drug-likeness (QED) is 0.127. The number of amides is 1. The van der Waals surface area contributed by atoms with E-state index in [9.17, 15) is 27.3 Å². The molecule has 1 aliphatic rings. The molecule has 1 aliphatic carbocycles. The predicted octanol–water partition coefficient (Wildman–Crippen LogP) is 5.86. The van der Waals surface area contributed by atoms with E-state index in [1.165, 1.54) is 38.8 Å². The Bertz CT molecular complexity index is 1610. The highest BCUT2D eigenvalue weighted by atomic mass is 31.2. The highest BCUT2D eigenvalue weighted by molar-refractivity contribution is 7.70. The molecule has 0 unspecified atom stereocenters. The van der Waals surface area contributed by atoms with Crippen molar-refractivity contribution in [1.82, 2.24) is 25.6 Å². The fourth-order valence-corrected chi connectivity index (χ4v) is 6.99. The highest BCUT2D eigenvalue weighted by Gasteiger charge is 2.37. The maximum atomic E-state index is 14.2. The Hall–Kier alpha value is -3.64. The van der Waals surface area contributed by atoms with E-state index in [2.05, 4.69) is 30.9 Å². The molecule has 0 saturated heterocycles. The van der Waals surface area contributed by atoms with Crippen LogP contribution >= 0.6 is 7.14 Å². The maximum Gasteiger partial charge on any atom is 0.419 e. The molecule has 2 heterocycles. The predicted molar refractivity (Wildman–Crippen MR) is 166 cm³/mol. The van der Waals surface area contributed by atoms with Crippen molar-refractivity contribution in [3.63, 3.8) is 0 Å². The summed E-state index contributed by atoms with van der Waals surface area (Å²) in [5.74, 6) is -0.674. The molecule has 1 amide bonds. The summed E-state index contributed by atoms with van der Waals surface area (Å²) in [5.41, 5.74) is -1.54. The Kier molecular flexibility index (Phi) is 9.89. The second kappa shape index (κ2) is 13.0. The van der Waals surface area contributed by atoms with Crippen LogP contribution < -0.4 is 21.3 Å². The van der Waals surface area contributed by atoms with Gasteiger partial charge in [-0.05, 0) is 65.9 Å². The number of nitrogens with one attached hydrogen (secondary N) is 4. The number of H-pyrrole nitrogens is 1. The molecule has 0 aliphatic heterocycles. The number of ether oxygens (including phenoxy) is 2. The molecule has 0 bridgehead atoms. The number of alkyl carbamates (subject to hydrolysis) is 1. The van der Waals surface area contributed by atoms with Crippen LogP contribution in [0.2, 0.25) is 0 Å². The summed E-state index contributed by atoms with van der Waals surface area (Å²) in [4.78, 5) is 35.9. The molecule has 0 spiro atoms. The number of rotatable bonds is 9. The normalized spacial score (nSPS) is 18.1. The lowest BCUT2D eigenvalue weighted by Gasteiger charge is -2.26. The smallest absolute Gasteiger partial charge is 0.419 e. The number of carbonyl (C=O) groups excluding carboxylic acids is 2. The number of fused-ring (bicyclic) bond motifs is 1. The Labute approximate surface area is 259 Å². The van der Waals surface area contributed by atoms with Crippen LogP contribution in [0.25, 0.3) is 22.2 Å². The molecular formula is C30H40F3N6O5P. The van der Waals surface area contributed by atoms with Gasteiger partial charge in [-0.15, -0.1) is 0 Å². The van der Waals surface area contributed by atoms with E-state index >= 15 is 0 Å². The van der Waals surface area contributed by atoms with E-state index in [1.807, 2.05) is 6.92 Å². The zero-order valence-corrected chi connectivity index (χ0v) is 27.3. The average molecular weight is 653 g/mol. The van der Waals surface area contributed by atoms with Gasteiger partial charge in [0.05, 0.1) is 30.0 Å². The Morgan fingerprint density at radius 3 is 2.44 bits per heavy atom. The minimum absolute atomic E-state index is 0.0278. The zero-order valence-electron chi connectivity index (χ0n) is 26.4. The number of benzene rings is 1. The summed E-state index contributed by atoms with van der Waals surface area (Å²) in [6, 6.07) is 2.80. The van der Waals surface area contributed by atoms with Crippen LogP contribution in [0.15, 0.2) is 24.5 Å². The first-order valence-electron chi connectivity index (χ1n) is 14.7. The molecule has 3 atom stereocenters. The largest absolute Gasteiger partial charge is 0.465 e. The van der Waals surface area contributed by atoms with E-state index in [0.717, 1.165) is 12.6 Å². The van der Waals surface area contributed by atoms with E-state index in [1.54, 1.807) is 20.8 Å². The third-order valence-electron chi connectivity index (χ3n) is 7.42. The van der Waals surface area contributed by atoms with Crippen molar-refractivity contribution in [2.75, 3.05) is 25.8 Å². The van der Waals surface area contributed by atoms with Crippen molar-refractivity contribution in [3.05, 3.63) is 35.7 Å². The number of hydrogen-bond donors (Lipinski definition) is 4. The number of hydrogen-bond acceptors (Lipinski definition) is 9. The first kappa shape index (κ1) is 34.2. The molecule has 11 nitrogen and oxygen atoms in total. The van der Waals surface area contributed by atoms with Crippen LogP contribution in [0.4, 0.5) is 23.9 Å². The van der Waals surface area contributed by atoms with Crippen molar-refractivity contribution in [2.24, 2.45) is 0 Å². The lowest BCUT2D eigenvalue weighted by molar-refractivity contribution is -0.137. The van der Waals surface area contributed by atoms with Gasteiger partial charge in [0.1, 0.15) is 18.3 Å². The third kappa shape index (κ3) is 8.15. The topological polar surface area (TPSA) is 147 Å². The third-order valence-corrected chi connectivity index (χ3v) is 8.97. The summed E-state index contributed by atoms with van der Waals surface area (Å²) in [7, 11) is -1.89. The van der Waals surface area contributed by atoms with Crippen molar-refractivity contribution < 1.29 is 36.8 Å². The number of carbonyl (C=O) groups is 2. The van der Waals surface area contributed by atoms with E-state index in [-0.39, 0.29) is 51.8 Å². The maximum absolute atomic E-state index is 14.2. The van der Waals surface area contributed by atoms with Gasteiger partial charge in [0, 0.05) is 40.7 Å². The first-order valence-corrected chi connectivity index (χ1v) is 17.3. The van der Waals surface area contributed by atoms with Gasteiger partial charge >= 0.3 is 18.2 Å². The number of aromatic nitrogens is 3. The SMILES string of the molecule is CC[C@H](NC(=O)OC(C)(C)C)N[C@H]1CC[C@H](Nc2ncc(C(F)(F)F)c(-c3c[nH]c4c(P(C)(C)=O)c(C(=O)OC)ccc34)n2)C1. The number of aromatic amines is 1. The van der Waals surface area contributed by atoms with Gasteiger partial charge in [-0.2, -0.15) is 13.2 Å². The van der Waals surface area contributed by atoms with Gasteiger partial charge in [-0.1, -0.05) is 13.0 Å². The van der Waals surface area contributed by atoms with Crippen LogP contribution in [0.3, 0.4) is 0 Å². The molecular weight excluding hydrogens is 612 g/mol. The number of alkyl halides is 3. The van der Waals surface area contributed by atoms with Crippen molar-refractivity contribution in [1.29, 1.82) is 0 Å². The molecule has 3 aromatic rings. The lowest BCUT2D eigenvalue weighted by Crippen LogP contribution is -2.50. The van der Waals surface area contributed by atoms with Crippen LogP contribution in [-0.4, -0.2) is 71.3 Å². The molecule has 1 fully saturated rings. The molecule has 45 heavy (non-hydrogen) atoms. The fraction of sp³-hybridized carbons (Fsp3) is 0.533. The lowest BCUT2D eigenvalue weighted by atomic mass is 10.0. The minimum Gasteiger partial charge on any atom is -0.465 e. The highest BCUT2D eigenvalue weighted by Crippen LogP contribution is 2.43. The number of methoxy groups -OCH3 is 1. The van der Waals surface area contributed by atoms with Crippen molar-refractivity contribution in [2.45, 2.75) is 83.4 Å². The van der Waals surface area contributed by atoms with E-state index < -0.39 is 36.5 Å². The Balaban J connectivity index is 1.60. The van der Waals surface area contributed by atoms with Gasteiger partial charge in [0.25, 0.3) is 0 Å². The number of halogens is 3. The van der Waals surface area contributed by atoms with Crippen LogP contribution in [0.1, 0.15) is 69.3 Å². The van der Waals surface area contributed by atoms with Gasteiger partial charge in [-0.25, -0.2) is 19.6 Å². The van der Waals surface area contributed by atoms with E-state index in [0.29, 0.717) is 24.6 Å².